The topological polar surface area (TPSA) is 35.5 Å². The third-order valence-electron chi connectivity index (χ3n) is 2.34. The zero-order valence-electron chi connectivity index (χ0n) is 7.57. The van der Waals surface area contributed by atoms with Crippen molar-refractivity contribution in [1.29, 1.82) is 0 Å². The molecule has 3 rings (SSSR count). The number of nitrogens with zero attached hydrogens (tertiary/aromatic N) is 1. The molecule has 0 aliphatic carbocycles. The number of aromatic nitrogens is 3. The average Bonchev–Trinajstić information content (AvgIpc) is 2.86. The minimum atomic E-state index is 1.08. The van der Waals surface area contributed by atoms with Crippen molar-refractivity contribution in [3.63, 3.8) is 0 Å². The Hall–Kier alpha value is -2.03. The van der Waals surface area contributed by atoms with Gasteiger partial charge in [-0.3, -0.25) is 9.97 Å². The van der Waals surface area contributed by atoms with Crippen LogP contribution in [0.5, 0.6) is 0 Å². The molecule has 0 spiro atoms. The van der Waals surface area contributed by atoms with Crippen LogP contribution in [0.1, 0.15) is 0 Å². The second kappa shape index (κ2) is 2.73. The van der Waals surface area contributed by atoms with E-state index in [4.69, 9.17) is 0 Å². The molecule has 0 saturated carbocycles. The highest BCUT2D eigenvalue weighted by Gasteiger charge is 2.06. The third kappa shape index (κ3) is 1.03. The molecule has 0 saturated heterocycles. The highest BCUT2D eigenvalue weighted by molar-refractivity contribution is 5.81. The van der Waals surface area contributed by atoms with Crippen LogP contribution in [0.3, 0.4) is 0 Å². The summed E-state index contributed by atoms with van der Waals surface area (Å²) in [6, 6.07) is 10.4. The van der Waals surface area contributed by atoms with Gasteiger partial charge in [0.2, 0.25) is 5.82 Å². The quantitative estimate of drug-likeness (QED) is 0.541. The van der Waals surface area contributed by atoms with Crippen LogP contribution in [0.25, 0.3) is 16.7 Å². The molecule has 3 aromatic rings. The van der Waals surface area contributed by atoms with Crippen LogP contribution in [-0.4, -0.2) is 9.97 Å². The van der Waals surface area contributed by atoms with Gasteiger partial charge in [0.05, 0.1) is 6.20 Å². The number of fused-ring (bicyclic) bond motifs is 1. The van der Waals surface area contributed by atoms with Gasteiger partial charge in [0.15, 0.2) is 6.33 Å². The summed E-state index contributed by atoms with van der Waals surface area (Å²) in [5.41, 5.74) is 1.16. The predicted molar refractivity (Wildman–Crippen MR) is 54.2 cm³/mol. The lowest BCUT2D eigenvalue weighted by molar-refractivity contribution is -0.597. The van der Waals surface area contributed by atoms with Gasteiger partial charge in [0.25, 0.3) is 0 Å². The molecule has 0 aliphatic rings. The Labute approximate surface area is 81.0 Å². The van der Waals surface area contributed by atoms with E-state index in [0.717, 1.165) is 11.3 Å². The van der Waals surface area contributed by atoms with Crippen molar-refractivity contribution in [2.75, 3.05) is 0 Å². The molecular formula is C11H10N3+. The number of hydrogen-bond donors (Lipinski definition) is 2. The number of aromatic amines is 2. The van der Waals surface area contributed by atoms with Gasteiger partial charge in [-0.15, -0.1) is 0 Å². The Morgan fingerprint density at radius 3 is 2.86 bits per heavy atom. The fourth-order valence-electron chi connectivity index (χ4n) is 1.64. The molecule has 0 amide bonds. The van der Waals surface area contributed by atoms with Crippen LogP contribution in [0, 0.1) is 0 Å². The predicted octanol–water partition coefficient (Wildman–Crippen LogP) is 1.77. The smallest absolute Gasteiger partial charge is 0.231 e. The van der Waals surface area contributed by atoms with E-state index in [0.29, 0.717) is 0 Å². The van der Waals surface area contributed by atoms with Gasteiger partial charge in [0, 0.05) is 11.5 Å². The molecule has 0 radical (unpaired) electrons. The number of H-pyrrole nitrogens is 2. The fourth-order valence-corrected chi connectivity index (χ4v) is 1.64. The standard InChI is InChI=1S/C11H9N3/c1-2-4-10-9(3-1)7-11(13-10)14-6-5-12-8-14/h1-8,13H/p+1. The van der Waals surface area contributed by atoms with Gasteiger partial charge >= 0.3 is 0 Å². The van der Waals surface area contributed by atoms with Crippen molar-refractivity contribution in [2.24, 2.45) is 0 Å². The zero-order valence-corrected chi connectivity index (χ0v) is 7.57. The summed E-state index contributed by atoms with van der Waals surface area (Å²) < 4.78 is 2.01. The van der Waals surface area contributed by atoms with Gasteiger partial charge in [-0.25, -0.2) is 4.57 Å². The molecule has 0 atom stereocenters. The first-order valence-corrected chi connectivity index (χ1v) is 4.56. The first-order chi connectivity index (χ1) is 6.93. The Bertz CT molecular complexity index is 516. The number of imidazole rings is 1. The van der Waals surface area contributed by atoms with Crippen LogP contribution >= 0.6 is 0 Å². The third-order valence-corrected chi connectivity index (χ3v) is 2.34. The van der Waals surface area contributed by atoms with E-state index in [1.807, 2.05) is 35.4 Å². The van der Waals surface area contributed by atoms with Crippen LogP contribution < -0.4 is 4.57 Å². The highest BCUT2D eigenvalue weighted by Crippen LogP contribution is 2.13. The minimum absolute atomic E-state index is 1.08. The van der Waals surface area contributed by atoms with E-state index in [1.165, 1.54) is 5.39 Å². The van der Waals surface area contributed by atoms with E-state index in [2.05, 4.69) is 28.2 Å². The van der Waals surface area contributed by atoms with Crippen molar-refractivity contribution >= 4 is 10.9 Å². The first kappa shape index (κ1) is 7.38. The van der Waals surface area contributed by atoms with Crippen molar-refractivity contribution < 1.29 is 4.57 Å². The summed E-state index contributed by atoms with van der Waals surface area (Å²) in [6.45, 7) is 0. The monoisotopic (exact) mass is 184 g/mol. The normalized spacial score (nSPS) is 10.9. The number of rotatable bonds is 1. The second-order valence-corrected chi connectivity index (χ2v) is 3.26. The molecule has 0 bridgehead atoms. The van der Waals surface area contributed by atoms with Crippen LogP contribution in [-0.2, 0) is 0 Å². The maximum absolute atomic E-state index is 3.34. The Morgan fingerprint density at radius 1 is 1.14 bits per heavy atom. The van der Waals surface area contributed by atoms with Gasteiger partial charge in [0.1, 0.15) is 11.7 Å². The van der Waals surface area contributed by atoms with Crippen molar-refractivity contribution in [3.05, 3.63) is 49.1 Å². The maximum Gasteiger partial charge on any atom is 0.231 e. The molecule has 0 unspecified atom stereocenters. The summed E-state index contributed by atoms with van der Waals surface area (Å²) >= 11 is 0. The van der Waals surface area contributed by atoms with Crippen molar-refractivity contribution in [1.82, 2.24) is 9.97 Å². The number of benzene rings is 1. The van der Waals surface area contributed by atoms with E-state index in [1.54, 1.807) is 0 Å². The minimum Gasteiger partial charge on any atom is -0.283 e. The Balaban J connectivity index is 2.24. The van der Waals surface area contributed by atoms with E-state index >= 15 is 0 Å². The van der Waals surface area contributed by atoms with Gasteiger partial charge in [-0.05, 0) is 6.07 Å². The van der Waals surface area contributed by atoms with E-state index < -0.39 is 0 Å². The Morgan fingerprint density at radius 2 is 2.07 bits per heavy atom. The lowest BCUT2D eigenvalue weighted by Gasteiger charge is -1.85. The molecule has 2 heterocycles. The largest absolute Gasteiger partial charge is 0.283 e. The summed E-state index contributed by atoms with van der Waals surface area (Å²) in [4.78, 5) is 6.36. The number of para-hydroxylation sites is 1. The molecule has 14 heavy (non-hydrogen) atoms. The van der Waals surface area contributed by atoms with Crippen LogP contribution in [0.4, 0.5) is 0 Å². The second-order valence-electron chi connectivity index (χ2n) is 3.26. The number of hydrogen-bond acceptors (Lipinski definition) is 0. The Kier molecular flexibility index (Phi) is 1.44. The molecular weight excluding hydrogens is 174 g/mol. The summed E-state index contributed by atoms with van der Waals surface area (Å²) in [5, 5.41) is 1.23. The van der Waals surface area contributed by atoms with Crippen LogP contribution in [0.15, 0.2) is 49.1 Å². The van der Waals surface area contributed by atoms with E-state index in [9.17, 15) is 0 Å². The zero-order chi connectivity index (χ0) is 9.38. The first-order valence-electron chi connectivity index (χ1n) is 4.56. The molecule has 0 aliphatic heterocycles. The van der Waals surface area contributed by atoms with Crippen molar-refractivity contribution in [2.45, 2.75) is 0 Å². The summed E-state index contributed by atoms with van der Waals surface area (Å²) in [7, 11) is 0. The SMILES string of the molecule is c1ccc2[nH]c(-[n+]3cc[nH]c3)cc2c1. The molecule has 1 aromatic carbocycles. The highest BCUT2D eigenvalue weighted by atomic mass is 15.1. The van der Waals surface area contributed by atoms with Gasteiger partial charge < -0.3 is 0 Å². The fraction of sp³-hybridized carbons (Fsp3) is 0. The molecule has 3 heteroatoms. The van der Waals surface area contributed by atoms with Crippen LogP contribution in [0.2, 0.25) is 0 Å². The molecule has 3 nitrogen and oxygen atoms in total. The van der Waals surface area contributed by atoms with Gasteiger partial charge in [-0.1, -0.05) is 18.2 Å². The average molecular weight is 184 g/mol. The van der Waals surface area contributed by atoms with E-state index in [-0.39, 0.29) is 0 Å². The molecule has 68 valence electrons. The molecule has 2 aromatic heterocycles. The number of nitrogens with one attached hydrogen (secondary N) is 2. The van der Waals surface area contributed by atoms with Crippen molar-refractivity contribution in [3.8, 4) is 5.82 Å². The maximum atomic E-state index is 3.34. The van der Waals surface area contributed by atoms with Gasteiger partial charge in [-0.2, -0.15) is 0 Å². The molecule has 2 N–H and O–H groups in total. The summed E-state index contributed by atoms with van der Waals surface area (Å²) in [5.74, 6) is 1.08. The summed E-state index contributed by atoms with van der Waals surface area (Å²) in [6.07, 6.45) is 5.78. The lowest BCUT2D eigenvalue weighted by Crippen LogP contribution is -2.27. The lowest BCUT2D eigenvalue weighted by atomic mass is 10.2. The molecule has 0 fully saturated rings.